The number of amides is 1. The average Bonchev–Trinajstić information content (AvgIpc) is 3.07. The lowest BCUT2D eigenvalue weighted by Crippen LogP contribution is -2.10. The van der Waals surface area contributed by atoms with E-state index in [1.165, 1.54) is 11.3 Å². The van der Waals surface area contributed by atoms with Crippen LogP contribution < -0.4 is 10.1 Å². The Hall–Kier alpha value is -2.01. The van der Waals surface area contributed by atoms with Crippen molar-refractivity contribution in [2.75, 3.05) is 5.32 Å². The third kappa shape index (κ3) is 4.09. The van der Waals surface area contributed by atoms with Gasteiger partial charge in [0.25, 0.3) is 5.91 Å². The van der Waals surface area contributed by atoms with Crippen LogP contribution in [0.25, 0.3) is 0 Å². The average molecular weight is 378 g/mol. The molecule has 0 aliphatic carbocycles. The number of hydrogen-bond donors (Lipinski definition) is 1. The van der Waals surface area contributed by atoms with Gasteiger partial charge in [-0.25, -0.2) is 0 Å². The Bertz CT molecular complexity index is 849. The van der Waals surface area contributed by atoms with Gasteiger partial charge < -0.3 is 10.1 Å². The maximum atomic E-state index is 12.3. The van der Waals surface area contributed by atoms with Crippen LogP contribution in [0.4, 0.5) is 5.69 Å². The molecule has 0 aliphatic heterocycles. The second kappa shape index (κ2) is 7.71. The van der Waals surface area contributed by atoms with Crippen molar-refractivity contribution in [1.29, 1.82) is 0 Å². The van der Waals surface area contributed by atoms with Gasteiger partial charge in [-0.3, -0.25) is 4.79 Å². The molecule has 1 N–H and O–H groups in total. The summed E-state index contributed by atoms with van der Waals surface area (Å²) in [5, 5.41) is 5.40. The summed E-state index contributed by atoms with van der Waals surface area (Å²) >= 11 is 13.4. The number of para-hydroxylation sites is 1. The molecule has 1 amide bonds. The van der Waals surface area contributed by atoms with Crippen LogP contribution >= 0.6 is 34.5 Å². The fourth-order valence-electron chi connectivity index (χ4n) is 2.04. The molecular weight excluding hydrogens is 365 g/mol. The minimum Gasteiger partial charge on any atom is -0.489 e. The molecule has 6 heteroatoms. The molecular formula is C18H13Cl2NO2S. The Kier molecular flexibility index (Phi) is 5.41. The van der Waals surface area contributed by atoms with E-state index in [1.807, 2.05) is 35.7 Å². The van der Waals surface area contributed by atoms with Crippen LogP contribution in [0.1, 0.15) is 15.2 Å². The highest BCUT2D eigenvalue weighted by Gasteiger charge is 2.12. The SMILES string of the molecule is O=C(Nc1cccc(Cl)c1Cl)c1cc(COc2ccccc2)cs1. The molecule has 0 aliphatic rings. The largest absolute Gasteiger partial charge is 0.489 e. The summed E-state index contributed by atoms with van der Waals surface area (Å²) in [6.07, 6.45) is 0. The summed E-state index contributed by atoms with van der Waals surface area (Å²) < 4.78 is 5.67. The van der Waals surface area contributed by atoms with Crippen molar-refractivity contribution in [1.82, 2.24) is 0 Å². The molecule has 2 aromatic carbocycles. The zero-order valence-corrected chi connectivity index (χ0v) is 14.8. The molecule has 1 heterocycles. The predicted octanol–water partition coefficient (Wildman–Crippen LogP) is 5.89. The number of hydrogen-bond acceptors (Lipinski definition) is 3. The first-order valence-corrected chi connectivity index (χ1v) is 8.77. The zero-order valence-electron chi connectivity index (χ0n) is 12.5. The van der Waals surface area contributed by atoms with Crippen LogP contribution in [0.5, 0.6) is 5.75 Å². The highest BCUT2D eigenvalue weighted by molar-refractivity contribution is 7.12. The fourth-order valence-corrected chi connectivity index (χ4v) is 3.18. The van der Waals surface area contributed by atoms with Gasteiger partial charge in [-0.1, -0.05) is 47.5 Å². The fraction of sp³-hybridized carbons (Fsp3) is 0.0556. The molecule has 122 valence electrons. The topological polar surface area (TPSA) is 38.3 Å². The van der Waals surface area contributed by atoms with Gasteiger partial charge in [0, 0.05) is 5.56 Å². The lowest BCUT2D eigenvalue weighted by atomic mass is 10.3. The van der Waals surface area contributed by atoms with E-state index in [0.717, 1.165) is 11.3 Å². The second-order valence-electron chi connectivity index (χ2n) is 4.98. The highest BCUT2D eigenvalue weighted by atomic mass is 35.5. The molecule has 0 saturated carbocycles. The Morgan fingerprint density at radius 3 is 2.67 bits per heavy atom. The minimum atomic E-state index is -0.227. The van der Waals surface area contributed by atoms with Crippen LogP contribution in [-0.2, 0) is 6.61 Å². The Morgan fingerprint density at radius 1 is 1.08 bits per heavy atom. The van der Waals surface area contributed by atoms with Crippen molar-refractivity contribution in [3.8, 4) is 5.75 Å². The molecule has 0 bridgehead atoms. The van der Waals surface area contributed by atoms with Crippen LogP contribution in [-0.4, -0.2) is 5.91 Å². The van der Waals surface area contributed by atoms with E-state index in [0.29, 0.717) is 27.2 Å². The van der Waals surface area contributed by atoms with Gasteiger partial charge in [-0.05, 0) is 35.7 Å². The predicted molar refractivity (Wildman–Crippen MR) is 99.5 cm³/mol. The molecule has 1 aromatic heterocycles. The number of rotatable bonds is 5. The van der Waals surface area contributed by atoms with Gasteiger partial charge in [-0.15, -0.1) is 11.3 Å². The Balaban J connectivity index is 1.64. The van der Waals surface area contributed by atoms with E-state index in [2.05, 4.69) is 5.32 Å². The van der Waals surface area contributed by atoms with Crippen LogP contribution in [0.2, 0.25) is 10.0 Å². The number of carbonyl (C=O) groups is 1. The van der Waals surface area contributed by atoms with Crippen LogP contribution in [0.15, 0.2) is 60.0 Å². The summed E-state index contributed by atoms with van der Waals surface area (Å²) in [4.78, 5) is 12.9. The van der Waals surface area contributed by atoms with E-state index in [1.54, 1.807) is 24.3 Å². The molecule has 0 atom stereocenters. The van der Waals surface area contributed by atoms with Crippen LogP contribution in [0.3, 0.4) is 0 Å². The molecule has 0 unspecified atom stereocenters. The molecule has 0 spiro atoms. The maximum Gasteiger partial charge on any atom is 0.265 e. The van der Waals surface area contributed by atoms with E-state index < -0.39 is 0 Å². The van der Waals surface area contributed by atoms with Crippen molar-refractivity contribution < 1.29 is 9.53 Å². The zero-order chi connectivity index (χ0) is 16.9. The third-order valence-electron chi connectivity index (χ3n) is 3.23. The molecule has 0 saturated heterocycles. The Morgan fingerprint density at radius 2 is 1.88 bits per heavy atom. The van der Waals surface area contributed by atoms with Crippen molar-refractivity contribution >= 4 is 46.1 Å². The maximum absolute atomic E-state index is 12.3. The summed E-state index contributed by atoms with van der Waals surface area (Å²) in [5.41, 5.74) is 1.43. The lowest BCUT2D eigenvalue weighted by molar-refractivity contribution is 0.103. The first-order valence-electron chi connectivity index (χ1n) is 7.14. The van der Waals surface area contributed by atoms with Gasteiger partial charge in [0.05, 0.1) is 20.6 Å². The van der Waals surface area contributed by atoms with Crippen LogP contribution in [0, 0.1) is 0 Å². The summed E-state index contributed by atoms with van der Waals surface area (Å²) in [7, 11) is 0. The van der Waals surface area contributed by atoms with E-state index >= 15 is 0 Å². The van der Waals surface area contributed by atoms with E-state index in [9.17, 15) is 4.79 Å². The smallest absolute Gasteiger partial charge is 0.265 e. The van der Waals surface area contributed by atoms with Crippen molar-refractivity contribution in [3.63, 3.8) is 0 Å². The Labute approximate surface area is 153 Å². The highest BCUT2D eigenvalue weighted by Crippen LogP contribution is 2.30. The second-order valence-corrected chi connectivity index (χ2v) is 6.67. The third-order valence-corrected chi connectivity index (χ3v) is 5.02. The molecule has 0 radical (unpaired) electrons. The first-order chi connectivity index (χ1) is 11.6. The quantitative estimate of drug-likeness (QED) is 0.602. The number of carbonyl (C=O) groups excluding carboxylic acids is 1. The number of benzene rings is 2. The van der Waals surface area contributed by atoms with Gasteiger partial charge in [0.15, 0.2) is 0 Å². The number of nitrogens with one attached hydrogen (secondary N) is 1. The first kappa shape index (κ1) is 16.8. The number of anilines is 1. The number of thiophene rings is 1. The number of halogens is 2. The number of ether oxygens (including phenoxy) is 1. The lowest BCUT2D eigenvalue weighted by Gasteiger charge is -2.06. The molecule has 3 nitrogen and oxygen atoms in total. The van der Waals surface area contributed by atoms with Crippen molar-refractivity contribution in [2.45, 2.75) is 6.61 Å². The van der Waals surface area contributed by atoms with E-state index in [-0.39, 0.29) is 5.91 Å². The van der Waals surface area contributed by atoms with Gasteiger partial charge in [-0.2, -0.15) is 0 Å². The molecule has 3 aromatic rings. The monoisotopic (exact) mass is 377 g/mol. The molecule has 3 rings (SSSR count). The molecule has 0 fully saturated rings. The normalized spacial score (nSPS) is 10.4. The standard InChI is InChI=1S/C18H13Cl2NO2S/c19-14-7-4-8-15(17(14)20)21-18(22)16-9-12(11-24-16)10-23-13-5-2-1-3-6-13/h1-9,11H,10H2,(H,21,22). The van der Waals surface area contributed by atoms with Crippen molar-refractivity contribution in [3.05, 3.63) is 80.5 Å². The van der Waals surface area contributed by atoms with Crippen molar-refractivity contribution in [2.24, 2.45) is 0 Å². The summed E-state index contributed by atoms with van der Waals surface area (Å²) in [6.45, 7) is 0.408. The molecule has 24 heavy (non-hydrogen) atoms. The van der Waals surface area contributed by atoms with Gasteiger partial charge >= 0.3 is 0 Å². The summed E-state index contributed by atoms with van der Waals surface area (Å²) in [6, 6.07) is 16.5. The van der Waals surface area contributed by atoms with E-state index in [4.69, 9.17) is 27.9 Å². The minimum absolute atomic E-state index is 0.227. The van der Waals surface area contributed by atoms with Gasteiger partial charge in [0.1, 0.15) is 12.4 Å². The summed E-state index contributed by atoms with van der Waals surface area (Å²) in [5.74, 6) is 0.565. The van der Waals surface area contributed by atoms with Gasteiger partial charge in [0.2, 0.25) is 0 Å².